The second-order valence-electron chi connectivity index (χ2n) is 6.36. The van der Waals surface area contributed by atoms with E-state index in [0.717, 1.165) is 27.6 Å². The molecule has 0 aliphatic carbocycles. The number of anilines is 1. The molecule has 26 heavy (non-hydrogen) atoms. The Bertz CT molecular complexity index is 982. The summed E-state index contributed by atoms with van der Waals surface area (Å²) >= 11 is 0. The lowest BCUT2D eigenvalue weighted by Gasteiger charge is -2.17. The number of nitrogens with one attached hydrogen (secondary N) is 2. The van der Waals surface area contributed by atoms with Crippen LogP contribution in [0.15, 0.2) is 54.7 Å². The molecule has 0 aliphatic rings. The summed E-state index contributed by atoms with van der Waals surface area (Å²) in [5.74, 6) is -1.38. The second kappa shape index (κ2) is 7.35. The molecule has 2 amide bonds. The zero-order valence-electron chi connectivity index (χ0n) is 15.0. The summed E-state index contributed by atoms with van der Waals surface area (Å²) in [6.07, 6.45) is 1.54. The van der Waals surface area contributed by atoms with E-state index in [0.29, 0.717) is 5.69 Å². The summed E-state index contributed by atoms with van der Waals surface area (Å²) in [6, 6.07) is 15.0. The van der Waals surface area contributed by atoms with Crippen molar-refractivity contribution in [2.24, 2.45) is 0 Å². The molecule has 0 aliphatic heterocycles. The first-order chi connectivity index (χ1) is 12.5. The summed E-state index contributed by atoms with van der Waals surface area (Å²) < 4.78 is 0. The molecule has 1 aromatic heterocycles. The number of carbonyl (C=O) groups is 2. The van der Waals surface area contributed by atoms with Crippen molar-refractivity contribution in [3.8, 4) is 0 Å². The minimum absolute atomic E-state index is 0.261. The van der Waals surface area contributed by atoms with Crippen LogP contribution in [0.5, 0.6) is 0 Å². The summed E-state index contributed by atoms with van der Waals surface area (Å²) in [7, 11) is 0. The van der Waals surface area contributed by atoms with Crippen molar-refractivity contribution in [1.82, 2.24) is 10.3 Å². The molecule has 0 unspecified atom stereocenters. The maximum absolute atomic E-state index is 12.2. The summed E-state index contributed by atoms with van der Waals surface area (Å²) in [5.41, 5.74) is 4.58. The Kier molecular flexibility index (Phi) is 4.98. The Hall–Kier alpha value is -3.21. The largest absolute Gasteiger partial charge is 0.341 e. The molecule has 1 heterocycles. The van der Waals surface area contributed by atoms with Crippen molar-refractivity contribution in [1.29, 1.82) is 0 Å². The van der Waals surface area contributed by atoms with Gasteiger partial charge in [0.15, 0.2) is 0 Å². The summed E-state index contributed by atoms with van der Waals surface area (Å²) in [5, 5.41) is 6.25. The SMILES string of the molecule is Cc1cccc([C@@H](C)NC(=O)C(=O)Nc2cnc3ccccc3c2)c1C. The van der Waals surface area contributed by atoms with Crippen LogP contribution in [0, 0.1) is 13.8 Å². The number of carbonyl (C=O) groups excluding carboxylic acids is 2. The molecule has 0 bridgehead atoms. The molecule has 2 aromatic carbocycles. The number of amides is 2. The van der Waals surface area contributed by atoms with Crippen molar-refractivity contribution >= 4 is 28.4 Å². The highest BCUT2D eigenvalue weighted by Crippen LogP contribution is 2.20. The van der Waals surface area contributed by atoms with E-state index < -0.39 is 11.8 Å². The van der Waals surface area contributed by atoms with Crippen molar-refractivity contribution < 1.29 is 9.59 Å². The summed E-state index contributed by atoms with van der Waals surface area (Å²) in [4.78, 5) is 28.7. The van der Waals surface area contributed by atoms with E-state index in [1.54, 1.807) is 12.3 Å². The molecule has 5 nitrogen and oxygen atoms in total. The number of hydrogen-bond acceptors (Lipinski definition) is 3. The summed E-state index contributed by atoms with van der Waals surface area (Å²) in [6.45, 7) is 5.89. The van der Waals surface area contributed by atoms with E-state index in [9.17, 15) is 9.59 Å². The standard InChI is InChI=1S/C21H21N3O2/c1-13-7-6-9-18(14(13)2)15(3)23-20(25)21(26)24-17-11-16-8-4-5-10-19(16)22-12-17/h4-12,15H,1-3H3,(H,23,25)(H,24,26)/t15-/m1/s1. The lowest BCUT2D eigenvalue weighted by atomic mass is 9.98. The van der Waals surface area contributed by atoms with Crippen LogP contribution in [-0.4, -0.2) is 16.8 Å². The molecule has 3 rings (SSSR count). The van der Waals surface area contributed by atoms with Crippen LogP contribution >= 0.6 is 0 Å². The first-order valence-electron chi connectivity index (χ1n) is 8.48. The van der Waals surface area contributed by atoms with Crippen LogP contribution in [0.3, 0.4) is 0 Å². The van der Waals surface area contributed by atoms with Gasteiger partial charge in [0.2, 0.25) is 0 Å². The zero-order chi connectivity index (χ0) is 18.7. The Morgan fingerprint density at radius 3 is 2.58 bits per heavy atom. The molecular formula is C21H21N3O2. The maximum Gasteiger partial charge on any atom is 0.313 e. The fourth-order valence-electron chi connectivity index (χ4n) is 2.91. The van der Waals surface area contributed by atoms with E-state index >= 15 is 0 Å². The van der Waals surface area contributed by atoms with Gasteiger partial charge >= 0.3 is 11.8 Å². The number of hydrogen-bond donors (Lipinski definition) is 2. The highest BCUT2D eigenvalue weighted by molar-refractivity contribution is 6.39. The Labute approximate surface area is 152 Å². The van der Waals surface area contributed by atoms with Gasteiger partial charge in [-0.3, -0.25) is 14.6 Å². The molecule has 132 valence electrons. The van der Waals surface area contributed by atoms with Gasteiger partial charge in [0, 0.05) is 5.39 Å². The average molecular weight is 347 g/mol. The van der Waals surface area contributed by atoms with Gasteiger partial charge in [0.25, 0.3) is 0 Å². The maximum atomic E-state index is 12.2. The molecule has 0 fully saturated rings. The second-order valence-corrected chi connectivity index (χ2v) is 6.36. The molecule has 0 saturated heterocycles. The van der Waals surface area contributed by atoms with E-state index in [1.807, 2.05) is 63.2 Å². The lowest BCUT2D eigenvalue weighted by Crippen LogP contribution is -2.37. The molecule has 0 radical (unpaired) electrons. The van der Waals surface area contributed by atoms with Crippen molar-refractivity contribution in [3.63, 3.8) is 0 Å². The van der Waals surface area contributed by atoms with Gasteiger partial charge in [-0.15, -0.1) is 0 Å². The van der Waals surface area contributed by atoms with E-state index in [1.165, 1.54) is 0 Å². The molecule has 5 heteroatoms. The van der Waals surface area contributed by atoms with Crippen LogP contribution in [0.4, 0.5) is 5.69 Å². The molecular weight excluding hydrogens is 326 g/mol. The topological polar surface area (TPSA) is 71.1 Å². The van der Waals surface area contributed by atoms with E-state index in [4.69, 9.17) is 0 Å². The minimum atomic E-state index is -0.709. The average Bonchev–Trinajstić information content (AvgIpc) is 2.63. The Morgan fingerprint density at radius 1 is 1.00 bits per heavy atom. The molecule has 0 saturated carbocycles. The zero-order valence-corrected chi connectivity index (χ0v) is 15.0. The van der Waals surface area contributed by atoms with Gasteiger partial charge in [-0.1, -0.05) is 36.4 Å². The van der Waals surface area contributed by atoms with Gasteiger partial charge < -0.3 is 10.6 Å². The van der Waals surface area contributed by atoms with Gasteiger partial charge in [-0.25, -0.2) is 0 Å². The van der Waals surface area contributed by atoms with Crippen molar-refractivity contribution in [2.75, 3.05) is 5.32 Å². The number of aryl methyl sites for hydroxylation is 1. The minimum Gasteiger partial charge on any atom is -0.341 e. The number of para-hydroxylation sites is 1. The number of nitrogens with zero attached hydrogens (tertiary/aromatic N) is 1. The van der Waals surface area contributed by atoms with Gasteiger partial charge in [0.1, 0.15) is 0 Å². The highest BCUT2D eigenvalue weighted by Gasteiger charge is 2.18. The smallest absolute Gasteiger partial charge is 0.313 e. The van der Waals surface area contributed by atoms with E-state index in [-0.39, 0.29) is 6.04 Å². The van der Waals surface area contributed by atoms with Gasteiger partial charge in [-0.05, 0) is 49.6 Å². The first-order valence-corrected chi connectivity index (χ1v) is 8.48. The van der Waals surface area contributed by atoms with Gasteiger partial charge in [-0.2, -0.15) is 0 Å². The number of aromatic nitrogens is 1. The number of pyridine rings is 1. The van der Waals surface area contributed by atoms with Crippen LogP contribution in [0.1, 0.15) is 29.7 Å². The predicted octanol–water partition coefficient (Wildman–Crippen LogP) is 3.67. The fraction of sp³-hybridized carbons (Fsp3) is 0.190. The first kappa shape index (κ1) is 17.6. The quantitative estimate of drug-likeness (QED) is 0.710. The Morgan fingerprint density at radius 2 is 1.77 bits per heavy atom. The van der Waals surface area contributed by atoms with Crippen LogP contribution < -0.4 is 10.6 Å². The third kappa shape index (κ3) is 3.72. The van der Waals surface area contributed by atoms with Crippen LogP contribution in [0.25, 0.3) is 10.9 Å². The van der Waals surface area contributed by atoms with Crippen molar-refractivity contribution in [2.45, 2.75) is 26.8 Å². The van der Waals surface area contributed by atoms with Crippen molar-refractivity contribution in [3.05, 3.63) is 71.4 Å². The predicted molar refractivity (Wildman–Crippen MR) is 103 cm³/mol. The third-order valence-corrected chi connectivity index (χ3v) is 4.52. The monoisotopic (exact) mass is 347 g/mol. The highest BCUT2D eigenvalue weighted by atomic mass is 16.2. The van der Waals surface area contributed by atoms with Gasteiger partial charge in [0.05, 0.1) is 23.4 Å². The Balaban J connectivity index is 1.69. The molecule has 3 aromatic rings. The number of benzene rings is 2. The lowest BCUT2D eigenvalue weighted by molar-refractivity contribution is -0.136. The van der Waals surface area contributed by atoms with E-state index in [2.05, 4.69) is 15.6 Å². The number of rotatable bonds is 3. The molecule has 1 atom stereocenters. The van der Waals surface area contributed by atoms with Crippen LogP contribution in [0.2, 0.25) is 0 Å². The third-order valence-electron chi connectivity index (χ3n) is 4.52. The molecule has 2 N–H and O–H groups in total. The molecule has 0 spiro atoms. The van der Waals surface area contributed by atoms with Crippen LogP contribution in [-0.2, 0) is 9.59 Å². The number of fused-ring (bicyclic) bond motifs is 1. The normalized spacial score (nSPS) is 11.8. The fourth-order valence-corrected chi connectivity index (χ4v) is 2.91.